The quantitative estimate of drug-likeness (QED) is 0.822. The molecule has 1 unspecified atom stereocenters. The van der Waals surface area contributed by atoms with Gasteiger partial charge in [0.05, 0.1) is 13.2 Å². The molecule has 5 heteroatoms. The highest BCUT2D eigenvalue weighted by Gasteiger charge is 2.16. The molecule has 0 amide bonds. The van der Waals surface area contributed by atoms with Gasteiger partial charge in [0, 0.05) is 19.0 Å². The van der Waals surface area contributed by atoms with E-state index < -0.39 is 6.43 Å². The Morgan fingerprint density at radius 1 is 1.41 bits per heavy atom. The van der Waals surface area contributed by atoms with Gasteiger partial charge < -0.3 is 15.8 Å². The predicted molar refractivity (Wildman–Crippen MR) is 61.4 cm³/mol. The molecule has 1 atom stereocenters. The summed E-state index contributed by atoms with van der Waals surface area (Å²) in [5.74, 6) is 0.887. The topological polar surface area (TPSA) is 47.3 Å². The van der Waals surface area contributed by atoms with E-state index in [1.807, 2.05) is 18.2 Å². The summed E-state index contributed by atoms with van der Waals surface area (Å²) >= 11 is 0. The van der Waals surface area contributed by atoms with Crippen LogP contribution in [0.2, 0.25) is 0 Å². The molecule has 2 rings (SSSR count). The molecule has 1 aromatic carbocycles. The third-order valence-corrected chi connectivity index (χ3v) is 2.87. The molecule has 0 saturated heterocycles. The first kappa shape index (κ1) is 12.3. The second kappa shape index (κ2) is 5.42. The van der Waals surface area contributed by atoms with Crippen molar-refractivity contribution in [1.82, 2.24) is 5.32 Å². The largest absolute Gasteiger partial charge is 0.493 e. The molecule has 0 fully saturated rings. The van der Waals surface area contributed by atoms with Gasteiger partial charge in [-0.15, -0.1) is 0 Å². The summed E-state index contributed by atoms with van der Waals surface area (Å²) in [5.41, 5.74) is 7.66. The molecule has 3 N–H and O–H groups in total. The second-order valence-corrected chi connectivity index (χ2v) is 4.05. The molecular formula is C12H16F2N2O. The Labute approximate surface area is 98.9 Å². The molecular weight excluding hydrogens is 226 g/mol. The zero-order chi connectivity index (χ0) is 12.3. The SMILES string of the molecule is NCC(NCC(F)F)c1ccc2c(c1)CCO2. The van der Waals surface area contributed by atoms with E-state index in [1.165, 1.54) is 0 Å². The minimum absolute atomic E-state index is 0.227. The van der Waals surface area contributed by atoms with Gasteiger partial charge in [-0.2, -0.15) is 0 Å². The Kier molecular flexibility index (Phi) is 3.91. The summed E-state index contributed by atoms with van der Waals surface area (Å²) in [5, 5.41) is 2.76. The molecule has 0 aromatic heterocycles. The highest BCUT2D eigenvalue weighted by Crippen LogP contribution is 2.27. The Morgan fingerprint density at radius 2 is 2.24 bits per heavy atom. The first-order valence-corrected chi connectivity index (χ1v) is 5.68. The fourth-order valence-corrected chi connectivity index (χ4v) is 1.99. The molecule has 1 aliphatic heterocycles. The van der Waals surface area contributed by atoms with E-state index in [9.17, 15) is 8.78 Å². The van der Waals surface area contributed by atoms with Crippen LogP contribution in [0.15, 0.2) is 18.2 Å². The minimum atomic E-state index is -2.36. The van der Waals surface area contributed by atoms with Gasteiger partial charge in [-0.25, -0.2) is 8.78 Å². The van der Waals surface area contributed by atoms with Crippen LogP contribution in [0.5, 0.6) is 5.75 Å². The van der Waals surface area contributed by atoms with Crippen molar-refractivity contribution in [3.8, 4) is 5.75 Å². The average Bonchev–Trinajstić information content (AvgIpc) is 2.76. The van der Waals surface area contributed by atoms with Crippen molar-refractivity contribution in [1.29, 1.82) is 0 Å². The fourth-order valence-electron chi connectivity index (χ4n) is 1.99. The predicted octanol–water partition coefficient (Wildman–Crippen LogP) is 1.48. The highest BCUT2D eigenvalue weighted by atomic mass is 19.3. The lowest BCUT2D eigenvalue weighted by Gasteiger charge is -2.17. The smallest absolute Gasteiger partial charge is 0.250 e. The first-order chi connectivity index (χ1) is 8.20. The molecule has 0 spiro atoms. The van der Waals surface area contributed by atoms with Crippen molar-refractivity contribution >= 4 is 0 Å². The summed E-state index contributed by atoms with van der Waals surface area (Å²) in [6, 6.07) is 5.51. The van der Waals surface area contributed by atoms with Crippen LogP contribution in [0.3, 0.4) is 0 Å². The van der Waals surface area contributed by atoms with E-state index in [0.29, 0.717) is 13.2 Å². The van der Waals surface area contributed by atoms with Gasteiger partial charge in [0.15, 0.2) is 0 Å². The molecule has 1 aliphatic rings. The van der Waals surface area contributed by atoms with Crippen LogP contribution < -0.4 is 15.8 Å². The van der Waals surface area contributed by atoms with Gasteiger partial charge in [-0.3, -0.25) is 0 Å². The zero-order valence-electron chi connectivity index (χ0n) is 9.46. The molecule has 1 heterocycles. The molecule has 0 aliphatic carbocycles. The van der Waals surface area contributed by atoms with Crippen LogP contribution >= 0.6 is 0 Å². The number of benzene rings is 1. The summed E-state index contributed by atoms with van der Waals surface area (Å²) in [4.78, 5) is 0. The van der Waals surface area contributed by atoms with Gasteiger partial charge in [0.25, 0.3) is 6.43 Å². The van der Waals surface area contributed by atoms with Gasteiger partial charge in [-0.05, 0) is 17.2 Å². The summed E-state index contributed by atoms with van der Waals surface area (Å²) in [6.45, 7) is 0.651. The third kappa shape index (κ3) is 2.92. The Morgan fingerprint density at radius 3 is 2.94 bits per heavy atom. The number of nitrogens with one attached hydrogen (secondary N) is 1. The Hall–Kier alpha value is -1.20. The standard InChI is InChI=1S/C12H16F2N2O/c13-12(14)7-16-10(6-15)8-1-2-11-9(5-8)3-4-17-11/h1-2,5,10,12,16H,3-4,6-7,15H2. The van der Waals surface area contributed by atoms with Gasteiger partial charge in [0.2, 0.25) is 0 Å². The minimum Gasteiger partial charge on any atom is -0.493 e. The van der Waals surface area contributed by atoms with E-state index in [2.05, 4.69) is 5.32 Å². The van der Waals surface area contributed by atoms with Crippen molar-refractivity contribution in [3.63, 3.8) is 0 Å². The maximum absolute atomic E-state index is 12.1. The number of nitrogens with two attached hydrogens (primary N) is 1. The van der Waals surface area contributed by atoms with Crippen molar-refractivity contribution in [2.24, 2.45) is 5.73 Å². The number of ether oxygens (including phenoxy) is 1. The van der Waals surface area contributed by atoms with Gasteiger partial charge in [0.1, 0.15) is 5.75 Å². The van der Waals surface area contributed by atoms with Crippen molar-refractivity contribution < 1.29 is 13.5 Å². The Balaban J connectivity index is 2.08. The van der Waals surface area contributed by atoms with Crippen LogP contribution in [-0.2, 0) is 6.42 Å². The molecule has 0 saturated carbocycles. The highest BCUT2D eigenvalue weighted by molar-refractivity contribution is 5.40. The van der Waals surface area contributed by atoms with Gasteiger partial charge in [-0.1, -0.05) is 12.1 Å². The fraction of sp³-hybridized carbons (Fsp3) is 0.500. The van der Waals surface area contributed by atoms with E-state index in [1.54, 1.807) is 0 Å². The van der Waals surface area contributed by atoms with Crippen LogP contribution in [-0.4, -0.2) is 26.1 Å². The molecule has 0 radical (unpaired) electrons. The van der Waals surface area contributed by atoms with Crippen LogP contribution in [0.25, 0.3) is 0 Å². The average molecular weight is 242 g/mol. The normalized spacial score (nSPS) is 15.8. The molecule has 17 heavy (non-hydrogen) atoms. The van der Waals surface area contributed by atoms with E-state index >= 15 is 0 Å². The summed E-state index contributed by atoms with van der Waals surface area (Å²) in [7, 11) is 0. The number of alkyl halides is 2. The lowest BCUT2D eigenvalue weighted by Crippen LogP contribution is -2.31. The lowest BCUT2D eigenvalue weighted by molar-refractivity contribution is 0.141. The third-order valence-electron chi connectivity index (χ3n) is 2.87. The number of hydrogen-bond acceptors (Lipinski definition) is 3. The van der Waals surface area contributed by atoms with E-state index in [0.717, 1.165) is 23.3 Å². The Bertz CT molecular complexity index is 385. The monoisotopic (exact) mass is 242 g/mol. The van der Waals surface area contributed by atoms with Crippen molar-refractivity contribution in [3.05, 3.63) is 29.3 Å². The van der Waals surface area contributed by atoms with E-state index in [4.69, 9.17) is 10.5 Å². The van der Waals surface area contributed by atoms with E-state index in [-0.39, 0.29) is 12.6 Å². The van der Waals surface area contributed by atoms with Gasteiger partial charge >= 0.3 is 0 Å². The molecule has 94 valence electrons. The molecule has 3 nitrogen and oxygen atoms in total. The molecule has 1 aromatic rings. The maximum atomic E-state index is 12.1. The zero-order valence-corrected chi connectivity index (χ0v) is 9.46. The number of halogens is 2. The number of hydrogen-bond donors (Lipinski definition) is 2. The first-order valence-electron chi connectivity index (χ1n) is 5.68. The number of fused-ring (bicyclic) bond motifs is 1. The van der Waals surface area contributed by atoms with Crippen molar-refractivity contribution in [2.45, 2.75) is 18.9 Å². The second-order valence-electron chi connectivity index (χ2n) is 4.05. The lowest BCUT2D eigenvalue weighted by atomic mass is 10.0. The summed E-state index contributed by atoms with van der Waals surface area (Å²) < 4.78 is 29.7. The summed E-state index contributed by atoms with van der Waals surface area (Å²) in [6.07, 6.45) is -1.49. The van der Waals surface area contributed by atoms with Crippen LogP contribution in [0.4, 0.5) is 8.78 Å². The maximum Gasteiger partial charge on any atom is 0.250 e. The van der Waals surface area contributed by atoms with Crippen LogP contribution in [0.1, 0.15) is 17.2 Å². The number of rotatable bonds is 5. The van der Waals surface area contributed by atoms with Crippen molar-refractivity contribution in [2.75, 3.05) is 19.7 Å². The molecule has 0 bridgehead atoms. The van der Waals surface area contributed by atoms with Crippen LogP contribution in [0, 0.1) is 0 Å².